The smallest absolute Gasteiger partial charge is 0.410 e. The van der Waals surface area contributed by atoms with Gasteiger partial charge in [0.2, 0.25) is 11.8 Å². The van der Waals surface area contributed by atoms with Crippen molar-refractivity contribution >= 4 is 50.3 Å². The Bertz CT molecular complexity index is 942. The van der Waals surface area contributed by atoms with E-state index in [1.54, 1.807) is 11.0 Å². The number of hydrogen-bond donors (Lipinski definition) is 2. The molecule has 1 saturated heterocycles. The highest BCUT2D eigenvalue weighted by atomic mass is 32.1. The Labute approximate surface area is 180 Å². The summed E-state index contributed by atoms with van der Waals surface area (Å²) in [5.74, 6) is 0.0152. The minimum absolute atomic E-state index is 0.0770. The number of carbonyl (C=O) groups is 3. The lowest BCUT2D eigenvalue weighted by Crippen LogP contribution is -2.42. The van der Waals surface area contributed by atoms with Crippen LogP contribution in [0.25, 0.3) is 10.2 Å². The summed E-state index contributed by atoms with van der Waals surface area (Å²) in [6, 6.07) is 5.45. The molecule has 0 saturated carbocycles. The van der Waals surface area contributed by atoms with Crippen LogP contribution in [0.3, 0.4) is 0 Å². The number of carbonyl (C=O) groups excluding carboxylic acids is 3. The Balaban J connectivity index is 1.50. The highest BCUT2D eigenvalue weighted by molar-refractivity contribution is 7.22. The number of hydrogen-bond acceptors (Lipinski definition) is 6. The van der Waals surface area contributed by atoms with Crippen LogP contribution in [0.5, 0.6) is 0 Å². The van der Waals surface area contributed by atoms with Crippen molar-refractivity contribution in [2.75, 3.05) is 23.7 Å². The molecule has 0 atom stereocenters. The maximum absolute atomic E-state index is 12.5. The van der Waals surface area contributed by atoms with Gasteiger partial charge < -0.3 is 20.3 Å². The molecule has 1 aliphatic heterocycles. The number of rotatable bonds is 4. The van der Waals surface area contributed by atoms with Crippen LogP contribution in [0.15, 0.2) is 18.2 Å². The quantitative estimate of drug-likeness (QED) is 0.753. The molecule has 9 heteroatoms. The second kappa shape index (κ2) is 8.99. The van der Waals surface area contributed by atoms with Crippen LogP contribution >= 0.6 is 11.3 Å². The third kappa shape index (κ3) is 6.16. The first kappa shape index (κ1) is 22.0. The first-order valence-corrected chi connectivity index (χ1v) is 10.9. The van der Waals surface area contributed by atoms with Gasteiger partial charge in [0.05, 0.1) is 10.2 Å². The van der Waals surface area contributed by atoms with E-state index in [1.165, 1.54) is 18.3 Å². The minimum atomic E-state index is -0.506. The number of likely N-dealkylation sites (tertiary alicyclic amines) is 1. The number of nitrogens with one attached hydrogen (secondary N) is 2. The summed E-state index contributed by atoms with van der Waals surface area (Å²) in [6.45, 7) is 8.21. The summed E-state index contributed by atoms with van der Waals surface area (Å²) < 4.78 is 6.30. The van der Waals surface area contributed by atoms with Crippen LogP contribution in [0.2, 0.25) is 0 Å². The minimum Gasteiger partial charge on any atom is -0.444 e. The van der Waals surface area contributed by atoms with E-state index in [-0.39, 0.29) is 23.8 Å². The summed E-state index contributed by atoms with van der Waals surface area (Å²) in [4.78, 5) is 42.0. The van der Waals surface area contributed by atoms with Crippen molar-refractivity contribution in [3.05, 3.63) is 18.2 Å². The van der Waals surface area contributed by atoms with Crippen LogP contribution in [0.4, 0.5) is 15.6 Å². The topological polar surface area (TPSA) is 101 Å². The largest absolute Gasteiger partial charge is 0.444 e. The Morgan fingerprint density at radius 3 is 2.53 bits per heavy atom. The Morgan fingerprint density at radius 1 is 1.20 bits per heavy atom. The predicted octanol–water partition coefficient (Wildman–Crippen LogP) is 4.23. The molecular formula is C21H28N4O4S. The Morgan fingerprint density at radius 2 is 1.90 bits per heavy atom. The van der Waals surface area contributed by atoms with E-state index in [2.05, 4.69) is 15.6 Å². The van der Waals surface area contributed by atoms with Gasteiger partial charge in [0.1, 0.15) is 5.60 Å². The van der Waals surface area contributed by atoms with Crippen molar-refractivity contribution < 1.29 is 19.1 Å². The van der Waals surface area contributed by atoms with Gasteiger partial charge >= 0.3 is 6.09 Å². The zero-order valence-corrected chi connectivity index (χ0v) is 18.6. The first-order valence-electron chi connectivity index (χ1n) is 10.0. The maximum atomic E-state index is 12.5. The lowest BCUT2D eigenvalue weighted by atomic mass is 9.93. The van der Waals surface area contributed by atoms with Gasteiger partial charge in [-0.05, 0) is 57.7 Å². The monoisotopic (exact) mass is 432 g/mol. The van der Waals surface area contributed by atoms with Crippen molar-refractivity contribution in [1.82, 2.24) is 9.88 Å². The van der Waals surface area contributed by atoms with Gasteiger partial charge in [-0.2, -0.15) is 0 Å². The van der Waals surface area contributed by atoms with Crippen molar-refractivity contribution in [2.24, 2.45) is 5.92 Å². The van der Waals surface area contributed by atoms with Gasteiger partial charge in [-0.15, -0.1) is 0 Å². The van der Waals surface area contributed by atoms with Crippen LogP contribution in [0.1, 0.15) is 47.0 Å². The number of nitrogens with zero attached hydrogens (tertiary/aromatic N) is 2. The maximum Gasteiger partial charge on any atom is 0.410 e. The summed E-state index contributed by atoms with van der Waals surface area (Å²) >= 11 is 1.37. The summed E-state index contributed by atoms with van der Waals surface area (Å²) in [6.07, 6.45) is 1.65. The lowest BCUT2D eigenvalue weighted by molar-refractivity contribution is -0.117. The molecule has 162 valence electrons. The Hall–Kier alpha value is -2.68. The molecule has 2 N–H and O–H groups in total. The van der Waals surface area contributed by atoms with E-state index in [0.29, 0.717) is 30.3 Å². The van der Waals surface area contributed by atoms with E-state index < -0.39 is 5.60 Å². The molecule has 1 aromatic carbocycles. The molecule has 2 heterocycles. The third-order valence-electron chi connectivity index (χ3n) is 4.70. The number of benzene rings is 1. The van der Waals surface area contributed by atoms with Gasteiger partial charge in [0.25, 0.3) is 0 Å². The SMILES string of the molecule is CC(=O)Nc1ccc2nc(NC(=O)CC3CCN(C(=O)OC(C)(C)C)CC3)sc2c1. The average Bonchev–Trinajstić information content (AvgIpc) is 3.01. The second-order valence-corrected chi connectivity index (χ2v) is 9.58. The van der Waals surface area contributed by atoms with Gasteiger partial charge in [-0.25, -0.2) is 9.78 Å². The average molecular weight is 433 g/mol. The van der Waals surface area contributed by atoms with Gasteiger partial charge in [0, 0.05) is 32.1 Å². The van der Waals surface area contributed by atoms with Crippen molar-refractivity contribution in [2.45, 2.75) is 52.6 Å². The van der Waals surface area contributed by atoms with E-state index in [0.717, 1.165) is 23.1 Å². The number of anilines is 2. The molecule has 0 radical (unpaired) electrons. The predicted molar refractivity (Wildman–Crippen MR) is 118 cm³/mol. The first-order chi connectivity index (χ1) is 14.1. The number of thiazole rings is 1. The molecule has 1 aliphatic rings. The normalized spacial score (nSPS) is 15.1. The van der Waals surface area contributed by atoms with E-state index in [4.69, 9.17) is 4.74 Å². The summed E-state index contributed by atoms with van der Waals surface area (Å²) in [5, 5.41) is 6.16. The van der Waals surface area contributed by atoms with Gasteiger partial charge in [-0.1, -0.05) is 11.3 Å². The van der Waals surface area contributed by atoms with Crippen LogP contribution < -0.4 is 10.6 Å². The van der Waals surface area contributed by atoms with Gasteiger partial charge in [0.15, 0.2) is 5.13 Å². The van der Waals surface area contributed by atoms with Crippen LogP contribution in [0, 0.1) is 5.92 Å². The molecular weight excluding hydrogens is 404 g/mol. The number of amides is 3. The van der Waals surface area contributed by atoms with Crippen molar-refractivity contribution in [3.63, 3.8) is 0 Å². The molecule has 3 amide bonds. The fraction of sp³-hybridized carbons (Fsp3) is 0.524. The van der Waals surface area contributed by atoms with E-state index in [1.807, 2.05) is 32.9 Å². The van der Waals surface area contributed by atoms with E-state index >= 15 is 0 Å². The fourth-order valence-corrected chi connectivity index (χ4v) is 4.26. The molecule has 30 heavy (non-hydrogen) atoms. The van der Waals surface area contributed by atoms with Crippen LogP contribution in [-0.2, 0) is 14.3 Å². The fourth-order valence-electron chi connectivity index (χ4n) is 3.34. The standard InChI is InChI=1S/C21H28N4O4S/c1-13(26)22-15-5-6-16-17(12-15)30-19(23-16)24-18(27)11-14-7-9-25(10-8-14)20(28)29-21(2,3)4/h5-6,12,14H,7-11H2,1-4H3,(H,22,26)(H,23,24,27). The number of ether oxygens (including phenoxy) is 1. The zero-order valence-electron chi connectivity index (χ0n) is 17.8. The summed E-state index contributed by atoms with van der Waals surface area (Å²) in [7, 11) is 0. The number of fused-ring (bicyclic) bond motifs is 1. The highest BCUT2D eigenvalue weighted by Gasteiger charge is 2.28. The summed E-state index contributed by atoms with van der Waals surface area (Å²) in [5.41, 5.74) is 0.969. The molecule has 8 nitrogen and oxygen atoms in total. The van der Waals surface area contributed by atoms with Crippen molar-refractivity contribution in [1.29, 1.82) is 0 Å². The molecule has 0 bridgehead atoms. The molecule has 1 aromatic heterocycles. The van der Waals surface area contributed by atoms with Gasteiger partial charge in [-0.3, -0.25) is 9.59 Å². The number of piperidine rings is 1. The third-order valence-corrected chi connectivity index (χ3v) is 5.63. The molecule has 3 rings (SSSR count). The molecule has 2 aromatic rings. The molecule has 0 aliphatic carbocycles. The zero-order chi connectivity index (χ0) is 21.9. The van der Waals surface area contributed by atoms with Crippen molar-refractivity contribution in [3.8, 4) is 0 Å². The lowest BCUT2D eigenvalue weighted by Gasteiger charge is -2.33. The van der Waals surface area contributed by atoms with E-state index in [9.17, 15) is 14.4 Å². The molecule has 1 fully saturated rings. The molecule has 0 unspecified atom stereocenters. The van der Waals surface area contributed by atoms with Crippen LogP contribution in [-0.4, -0.2) is 46.5 Å². The highest BCUT2D eigenvalue weighted by Crippen LogP contribution is 2.29. The molecule has 0 spiro atoms. The number of aromatic nitrogens is 1. The Kier molecular flexibility index (Phi) is 6.60. The second-order valence-electron chi connectivity index (χ2n) is 8.55.